The van der Waals surface area contributed by atoms with Gasteiger partial charge in [-0.2, -0.15) is 0 Å². The van der Waals surface area contributed by atoms with Crippen molar-refractivity contribution in [3.8, 4) is 0 Å². The molecule has 7 heteroatoms. The van der Waals surface area contributed by atoms with Crippen molar-refractivity contribution in [3.05, 3.63) is 23.7 Å². The number of carbonyl (C=O) groups is 1. The van der Waals surface area contributed by atoms with Crippen LogP contribution >= 0.6 is 24.8 Å². The van der Waals surface area contributed by atoms with Crippen LogP contribution in [0.1, 0.15) is 41.8 Å². The third-order valence-electron chi connectivity index (χ3n) is 3.82. The number of amides is 1. The van der Waals surface area contributed by atoms with Gasteiger partial charge in [0.1, 0.15) is 12.0 Å². The first-order valence-electron chi connectivity index (χ1n) is 6.96. The van der Waals surface area contributed by atoms with E-state index in [1.54, 1.807) is 6.07 Å². The van der Waals surface area contributed by atoms with Gasteiger partial charge in [0.25, 0.3) is 5.91 Å². The van der Waals surface area contributed by atoms with E-state index < -0.39 is 0 Å². The lowest BCUT2D eigenvalue weighted by Crippen LogP contribution is -2.37. The molecule has 1 aromatic rings. The predicted octanol–water partition coefficient (Wildman–Crippen LogP) is 2.19. The molecule has 3 N–H and O–H groups in total. The molecule has 0 saturated heterocycles. The molecule has 1 aliphatic rings. The summed E-state index contributed by atoms with van der Waals surface area (Å²) in [5, 5.41) is 2.91. The SMILES string of the molecule is CN(CCNC(=O)c1coc(CN)c1)C1CCCC1.Cl.Cl. The number of likely N-dealkylation sites (N-methyl/N-ethyl adjacent to an activating group) is 1. The van der Waals surface area contributed by atoms with Gasteiger partial charge in [-0.25, -0.2) is 0 Å². The van der Waals surface area contributed by atoms with Gasteiger partial charge in [-0.05, 0) is 26.0 Å². The molecule has 0 unspecified atom stereocenters. The van der Waals surface area contributed by atoms with Gasteiger partial charge in [-0.3, -0.25) is 4.79 Å². The van der Waals surface area contributed by atoms with Crippen molar-refractivity contribution in [2.45, 2.75) is 38.3 Å². The van der Waals surface area contributed by atoms with Crippen LogP contribution in [0.25, 0.3) is 0 Å². The van der Waals surface area contributed by atoms with E-state index in [4.69, 9.17) is 10.2 Å². The first kappa shape index (κ1) is 20.2. The molecule has 1 heterocycles. The zero-order chi connectivity index (χ0) is 13.7. The Hall–Kier alpha value is -0.750. The van der Waals surface area contributed by atoms with Crippen LogP contribution in [0.3, 0.4) is 0 Å². The summed E-state index contributed by atoms with van der Waals surface area (Å²) in [6.07, 6.45) is 6.69. The van der Waals surface area contributed by atoms with E-state index in [2.05, 4.69) is 17.3 Å². The Balaban J connectivity index is 0.00000200. The van der Waals surface area contributed by atoms with Crippen LogP contribution in [-0.4, -0.2) is 37.0 Å². The molecule has 0 aromatic carbocycles. The Labute approximate surface area is 138 Å². The van der Waals surface area contributed by atoms with Crippen molar-refractivity contribution in [2.24, 2.45) is 5.73 Å². The highest BCUT2D eigenvalue weighted by Gasteiger charge is 2.19. The van der Waals surface area contributed by atoms with Gasteiger partial charge in [0.2, 0.25) is 0 Å². The summed E-state index contributed by atoms with van der Waals surface area (Å²) in [4.78, 5) is 14.2. The maximum atomic E-state index is 11.8. The van der Waals surface area contributed by atoms with Crippen LogP contribution in [-0.2, 0) is 6.54 Å². The van der Waals surface area contributed by atoms with Crippen molar-refractivity contribution in [3.63, 3.8) is 0 Å². The normalized spacial score (nSPS) is 14.6. The van der Waals surface area contributed by atoms with Crippen LogP contribution in [0, 0.1) is 0 Å². The topological polar surface area (TPSA) is 71.5 Å². The standard InChI is InChI=1S/C14H23N3O2.2ClH/c1-17(12-4-2-3-5-12)7-6-16-14(18)11-8-13(9-15)19-10-11;;/h8,10,12H,2-7,9,15H2,1H3,(H,16,18);2*1H. The second-order valence-electron chi connectivity index (χ2n) is 5.18. The summed E-state index contributed by atoms with van der Waals surface area (Å²) in [5.41, 5.74) is 5.99. The Kier molecular flexibility index (Phi) is 9.70. The fourth-order valence-corrected chi connectivity index (χ4v) is 2.58. The highest BCUT2D eigenvalue weighted by atomic mass is 35.5. The molecule has 0 aliphatic heterocycles. The number of carbonyl (C=O) groups excluding carboxylic acids is 1. The van der Waals surface area contributed by atoms with Crippen molar-refractivity contribution in [2.75, 3.05) is 20.1 Å². The van der Waals surface area contributed by atoms with E-state index in [1.165, 1.54) is 31.9 Å². The third-order valence-corrected chi connectivity index (χ3v) is 3.82. The first-order valence-corrected chi connectivity index (χ1v) is 6.96. The van der Waals surface area contributed by atoms with Crippen LogP contribution < -0.4 is 11.1 Å². The first-order chi connectivity index (χ1) is 9.20. The van der Waals surface area contributed by atoms with Crippen LogP contribution in [0.5, 0.6) is 0 Å². The molecule has 1 aromatic heterocycles. The maximum Gasteiger partial charge on any atom is 0.254 e. The number of rotatable bonds is 6. The van der Waals surface area contributed by atoms with E-state index in [-0.39, 0.29) is 30.7 Å². The second kappa shape index (κ2) is 10.1. The molecule has 0 spiro atoms. The second-order valence-corrected chi connectivity index (χ2v) is 5.18. The zero-order valence-electron chi connectivity index (χ0n) is 12.3. The lowest BCUT2D eigenvalue weighted by atomic mass is 10.2. The quantitative estimate of drug-likeness (QED) is 0.834. The molecule has 21 heavy (non-hydrogen) atoms. The molecular formula is C14H25Cl2N3O2. The molecule has 1 saturated carbocycles. The number of nitrogens with one attached hydrogen (secondary N) is 1. The summed E-state index contributed by atoms with van der Waals surface area (Å²) in [5.74, 6) is 0.538. The van der Waals surface area contributed by atoms with Gasteiger partial charge >= 0.3 is 0 Å². The maximum absolute atomic E-state index is 11.8. The van der Waals surface area contributed by atoms with Crippen molar-refractivity contribution in [1.82, 2.24) is 10.2 Å². The van der Waals surface area contributed by atoms with Gasteiger partial charge in [0, 0.05) is 19.1 Å². The minimum Gasteiger partial charge on any atom is -0.467 e. The molecule has 1 aliphatic carbocycles. The summed E-state index contributed by atoms with van der Waals surface area (Å²) in [6.45, 7) is 1.87. The van der Waals surface area contributed by atoms with Crippen molar-refractivity contribution < 1.29 is 9.21 Å². The van der Waals surface area contributed by atoms with Crippen LogP contribution in [0.15, 0.2) is 16.7 Å². The van der Waals surface area contributed by atoms with Crippen molar-refractivity contribution in [1.29, 1.82) is 0 Å². The van der Waals surface area contributed by atoms with E-state index in [0.717, 1.165) is 6.54 Å². The number of hydrogen-bond acceptors (Lipinski definition) is 4. The largest absolute Gasteiger partial charge is 0.467 e. The molecule has 5 nitrogen and oxygen atoms in total. The van der Waals surface area contributed by atoms with Gasteiger partial charge in [0.15, 0.2) is 0 Å². The number of furan rings is 1. The molecule has 2 rings (SSSR count). The summed E-state index contributed by atoms with van der Waals surface area (Å²) < 4.78 is 5.15. The van der Waals surface area contributed by atoms with Crippen molar-refractivity contribution >= 4 is 30.7 Å². The summed E-state index contributed by atoms with van der Waals surface area (Å²) >= 11 is 0. The molecule has 0 radical (unpaired) electrons. The zero-order valence-corrected chi connectivity index (χ0v) is 14.0. The van der Waals surface area contributed by atoms with Gasteiger partial charge in [-0.15, -0.1) is 24.8 Å². The molecule has 1 fully saturated rings. The molecule has 1 amide bonds. The predicted molar refractivity (Wildman–Crippen MR) is 88.3 cm³/mol. The average molecular weight is 338 g/mol. The lowest BCUT2D eigenvalue weighted by molar-refractivity contribution is 0.0946. The Bertz CT molecular complexity index is 420. The fraction of sp³-hybridized carbons (Fsp3) is 0.643. The van der Waals surface area contributed by atoms with Gasteiger partial charge in [0.05, 0.1) is 12.1 Å². The minimum absolute atomic E-state index is 0. The number of hydrogen-bond donors (Lipinski definition) is 2. The Morgan fingerprint density at radius 2 is 2.10 bits per heavy atom. The highest BCUT2D eigenvalue weighted by molar-refractivity contribution is 5.93. The monoisotopic (exact) mass is 337 g/mol. The van der Waals surface area contributed by atoms with E-state index >= 15 is 0 Å². The van der Waals surface area contributed by atoms with Crippen LogP contribution in [0.2, 0.25) is 0 Å². The molecule has 122 valence electrons. The summed E-state index contributed by atoms with van der Waals surface area (Å²) in [6, 6.07) is 2.38. The Morgan fingerprint density at radius 3 is 2.67 bits per heavy atom. The Morgan fingerprint density at radius 1 is 1.43 bits per heavy atom. The van der Waals surface area contributed by atoms with Gasteiger partial charge < -0.3 is 20.4 Å². The van der Waals surface area contributed by atoms with E-state index in [9.17, 15) is 4.79 Å². The van der Waals surface area contributed by atoms with E-state index in [0.29, 0.717) is 30.5 Å². The van der Waals surface area contributed by atoms with E-state index in [1.807, 2.05) is 0 Å². The number of nitrogens with zero attached hydrogens (tertiary/aromatic N) is 1. The molecule has 0 atom stereocenters. The minimum atomic E-state index is -0.0942. The highest BCUT2D eigenvalue weighted by Crippen LogP contribution is 2.21. The molecule has 0 bridgehead atoms. The lowest BCUT2D eigenvalue weighted by Gasteiger charge is -2.23. The fourth-order valence-electron chi connectivity index (χ4n) is 2.58. The van der Waals surface area contributed by atoms with Crippen LogP contribution in [0.4, 0.5) is 0 Å². The third kappa shape index (κ3) is 5.87. The van der Waals surface area contributed by atoms with Gasteiger partial charge in [-0.1, -0.05) is 12.8 Å². The smallest absolute Gasteiger partial charge is 0.254 e. The average Bonchev–Trinajstić information content (AvgIpc) is 3.09. The molecular weight excluding hydrogens is 313 g/mol. The summed E-state index contributed by atoms with van der Waals surface area (Å²) in [7, 11) is 2.13. The number of halogens is 2. The number of nitrogens with two attached hydrogens (primary N) is 1.